The van der Waals surface area contributed by atoms with Gasteiger partial charge in [0, 0.05) is 6.54 Å². The van der Waals surface area contributed by atoms with E-state index in [1.54, 1.807) is 0 Å². The predicted octanol–water partition coefficient (Wildman–Crippen LogP) is 2.07. The molecule has 6 atom stereocenters. The van der Waals surface area contributed by atoms with Gasteiger partial charge >= 0.3 is 7.75 Å². The smallest absolute Gasteiger partial charge is 0.387 e. The fourth-order valence-electron chi connectivity index (χ4n) is 4.36. The summed E-state index contributed by atoms with van der Waals surface area (Å²) in [5.74, 6) is -0.0139. The largest absolute Gasteiger partial charge is 0.406 e. The zero-order valence-electron chi connectivity index (χ0n) is 21.1. The van der Waals surface area contributed by atoms with Crippen LogP contribution in [0.15, 0.2) is 65.9 Å². The van der Waals surface area contributed by atoms with E-state index in [-0.39, 0.29) is 30.5 Å². The second-order valence-electron chi connectivity index (χ2n) is 9.19. The van der Waals surface area contributed by atoms with E-state index in [1.807, 2.05) is 61.5 Å². The molecule has 2 aliphatic rings. The van der Waals surface area contributed by atoms with Gasteiger partial charge in [-0.25, -0.2) is 19.6 Å². The number of fused-ring (bicyclic) bond motifs is 1. The number of aromatic nitrogens is 2. The highest BCUT2D eigenvalue weighted by Gasteiger charge is 2.50. The number of hydrogen-bond donors (Lipinski definition) is 5. The molecule has 1 saturated heterocycles. The Balaban J connectivity index is 1.29. The highest BCUT2D eigenvalue weighted by molar-refractivity contribution is 7.51. The lowest BCUT2D eigenvalue weighted by molar-refractivity contribution is -0.0275. The summed E-state index contributed by atoms with van der Waals surface area (Å²) in [6.07, 6.45) is -6.30. The Hall–Kier alpha value is -3.16. The molecule has 6 N–H and O–H groups in total. The molecule has 0 radical (unpaired) electrons. The Morgan fingerprint density at radius 3 is 2.67 bits per heavy atom. The van der Waals surface area contributed by atoms with Crippen molar-refractivity contribution < 1.29 is 33.0 Å². The lowest BCUT2D eigenvalue weighted by Gasteiger charge is -2.34. The van der Waals surface area contributed by atoms with Gasteiger partial charge in [0.15, 0.2) is 17.9 Å². The Labute approximate surface area is 224 Å². The number of rotatable bonds is 10. The van der Waals surface area contributed by atoms with Gasteiger partial charge < -0.3 is 25.7 Å². The fraction of sp³-hybridized carbons (Fsp3) is 0.360. The van der Waals surface area contributed by atoms with E-state index in [1.165, 1.54) is 6.33 Å². The summed E-state index contributed by atoms with van der Waals surface area (Å²) in [5, 5.41) is 24.3. The minimum absolute atomic E-state index is 0.00371. The van der Waals surface area contributed by atoms with Gasteiger partial charge in [0.2, 0.25) is 0 Å². The van der Waals surface area contributed by atoms with Crippen molar-refractivity contribution in [2.75, 3.05) is 11.5 Å². The molecule has 2 unspecified atom stereocenters. The average molecular weight is 561 g/mol. The monoisotopic (exact) mass is 560 g/mol. The van der Waals surface area contributed by atoms with Crippen molar-refractivity contribution in [2.24, 2.45) is 10.7 Å². The minimum Gasteiger partial charge on any atom is -0.387 e. The SMILES string of the molecule is Cc1ccccc1COP(=O)(NCc1ccccc1)OC[C@H]1O[C@@H](N2c3nc[nH]c3C(N)=NC2F)[C@@H](O)[C@@H]1O. The molecule has 2 aliphatic heterocycles. The van der Waals surface area contributed by atoms with Gasteiger partial charge in [0.1, 0.15) is 24.0 Å². The van der Waals surface area contributed by atoms with Crippen LogP contribution in [0.2, 0.25) is 0 Å². The summed E-state index contributed by atoms with van der Waals surface area (Å²) in [7, 11) is -3.95. The molecule has 3 aromatic rings. The number of anilines is 1. The lowest BCUT2D eigenvalue weighted by atomic mass is 10.1. The van der Waals surface area contributed by atoms with Gasteiger partial charge in [0.05, 0.1) is 19.5 Å². The van der Waals surface area contributed by atoms with Crippen LogP contribution in [0.1, 0.15) is 22.4 Å². The second kappa shape index (κ2) is 11.5. The number of nitrogens with zero attached hydrogens (tertiary/aromatic N) is 3. The van der Waals surface area contributed by atoms with Crippen molar-refractivity contribution in [2.45, 2.75) is 51.0 Å². The molecule has 1 fully saturated rings. The minimum atomic E-state index is -3.95. The van der Waals surface area contributed by atoms with Crippen LogP contribution in [0.25, 0.3) is 0 Å². The molecule has 39 heavy (non-hydrogen) atoms. The molecule has 2 aromatic carbocycles. The Morgan fingerprint density at radius 1 is 1.15 bits per heavy atom. The third kappa shape index (κ3) is 5.89. The van der Waals surface area contributed by atoms with E-state index >= 15 is 0 Å². The number of aliphatic hydroxyl groups is 2. The van der Waals surface area contributed by atoms with Gasteiger partial charge in [-0.1, -0.05) is 54.6 Å². The molecule has 0 bridgehead atoms. The van der Waals surface area contributed by atoms with Crippen molar-refractivity contribution in [3.05, 3.63) is 83.3 Å². The summed E-state index contributed by atoms with van der Waals surface area (Å²) in [6, 6.07) is 16.8. The van der Waals surface area contributed by atoms with Gasteiger partial charge in [-0.15, -0.1) is 0 Å². The topological polar surface area (TPSA) is 168 Å². The van der Waals surface area contributed by atoms with E-state index < -0.39 is 45.3 Å². The summed E-state index contributed by atoms with van der Waals surface area (Å²) in [5.41, 5.74) is 8.65. The number of hydrogen-bond acceptors (Lipinski definition) is 10. The molecule has 0 saturated carbocycles. The number of nitrogens with one attached hydrogen (secondary N) is 2. The normalized spacial score (nSPS) is 26.2. The fourth-order valence-corrected chi connectivity index (χ4v) is 5.65. The number of benzene rings is 2. The summed E-state index contributed by atoms with van der Waals surface area (Å²) in [6.45, 7) is 1.67. The molecule has 0 aliphatic carbocycles. The standard InChI is InChI=1S/C25H30FN6O6P/c1-15-7-5-6-10-17(15)12-36-39(35,30-11-16-8-3-2-4-9-16)37-13-18-20(33)21(34)24(38-18)32-23-19(28-14-29-23)22(27)31-25(32)26/h2-10,14,18,20-21,24-25,33-34H,11-13H2,1H3,(H2,27,31)(H,28,29)(H,30,35)/t18-,20-,21+,24-,25?,39?/m1/s1. The summed E-state index contributed by atoms with van der Waals surface area (Å²) >= 11 is 0. The molecular formula is C25H30FN6O6P. The van der Waals surface area contributed by atoms with E-state index in [0.717, 1.165) is 21.6 Å². The van der Waals surface area contributed by atoms with Crippen LogP contribution >= 0.6 is 7.75 Å². The number of ether oxygens (including phenoxy) is 1. The molecule has 14 heteroatoms. The maximum Gasteiger partial charge on any atom is 0.406 e. The third-order valence-electron chi connectivity index (χ3n) is 6.59. The van der Waals surface area contributed by atoms with Crippen LogP contribution in [0.3, 0.4) is 0 Å². The lowest BCUT2D eigenvalue weighted by Crippen LogP contribution is -2.50. The van der Waals surface area contributed by atoms with E-state index in [9.17, 15) is 19.2 Å². The Morgan fingerprint density at radius 2 is 1.90 bits per heavy atom. The maximum atomic E-state index is 14.9. The number of H-pyrrole nitrogens is 1. The quantitative estimate of drug-likeness (QED) is 0.183. The summed E-state index contributed by atoms with van der Waals surface area (Å²) < 4.78 is 45.9. The second-order valence-corrected chi connectivity index (χ2v) is 11.0. The van der Waals surface area contributed by atoms with Crippen LogP contribution in [0.4, 0.5) is 10.2 Å². The molecule has 3 heterocycles. The molecule has 0 amide bonds. The number of aliphatic hydroxyl groups excluding tert-OH is 2. The Kier molecular flexibility index (Phi) is 8.10. The molecule has 5 rings (SSSR count). The third-order valence-corrected chi connectivity index (χ3v) is 8.09. The number of imidazole rings is 1. The number of halogens is 1. The van der Waals surface area contributed by atoms with Crippen LogP contribution < -0.4 is 15.7 Å². The van der Waals surface area contributed by atoms with Crippen LogP contribution in [-0.4, -0.2) is 63.6 Å². The summed E-state index contributed by atoms with van der Waals surface area (Å²) in [4.78, 5) is 11.5. The number of aromatic amines is 1. The number of alkyl halides is 1. The Bertz CT molecular complexity index is 1360. The van der Waals surface area contributed by atoms with Gasteiger partial charge in [-0.05, 0) is 23.6 Å². The average Bonchev–Trinajstić information content (AvgIpc) is 3.53. The molecule has 0 spiro atoms. The van der Waals surface area contributed by atoms with Crippen molar-refractivity contribution in [1.29, 1.82) is 0 Å². The number of amidine groups is 1. The first-order chi connectivity index (χ1) is 18.8. The van der Waals surface area contributed by atoms with Crippen LogP contribution in [-0.2, 0) is 31.5 Å². The number of aryl methyl sites for hydroxylation is 1. The van der Waals surface area contributed by atoms with Crippen molar-refractivity contribution in [1.82, 2.24) is 15.1 Å². The van der Waals surface area contributed by atoms with Gasteiger partial charge in [-0.3, -0.25) is 13.9 Å². The zero-order valence-corrected chi connectivity index (χ0v) is 21.9. The van der Waals surface area contributed by atoms with Crippen molar-refractivity contribution in [3.8, 4) is 0 Å². The molecule has 208 valence electrons. The van der Waals surface area contributed by atoms with E-state index in [0.29, 0.717) is 0 Å². The van der Waals surface area contributed by atoms with Crippen LogP contribution in [0.5, 0.6) is 0 Å². The van der Waals surface area contributed by atoms with Crippen molar-refractivity contribution in [3.63, 3.8) is 0 Å². The first-order valence-corrected chi connectivity index (χ1v) is 13.8. The van der Waals surface area contributed by atoms with E-state index in [4.69, 9.17) is 19.5 Å². The number of nitrogens with two attached hydrogens (primary N) is 1. The number of aliphatic imine (C=N–C) groups is 1. The van der Waals surface area contributed by atoms with Gasteiger partial charge in [0.25, 0.3) is 6.42 Å². The molecular weight excluding hydrogens is 530 g/mol. The highest BCUT2D eigenvalue weighted by Crippen LogP contribution is 2.46. The van der Waals surface area contributed by atoms with Crippen molar-refractivity contribution >= 4 is 19.4 Å². The van der Waals surface area contributed by atoms with E-state index in [2.05, 4.69) is 20.0 Å². The zero-order chi connectivity index (χ0) is 27.6. The predicted molar refractivity (Wildman–Crippen MR) is 140 cm³/mol. The first-order valence-electron chi connectivity index (χ1n) is 12.3. The first kappa shape index (κ1) is 27.4. The maximum absolute atomic E-state index is 14.9. The molecule has 12 nitrogen and oxygen atoms in total. The van der Waals surface area contributed by atoms with Gasteiger partial charge in [-0.2, -0.15) is 4.39 Å². The van der Waals surface area contributed by atoms with Crippen LogP contribution in [0, 0.1) is 6.92 Å². The highest BCUT2D eigenvalue weighted by atomic mass is 31.2. The molecule has 1 aromatic heterocycles.